The van der Waals surface area contributed by atoms with Crippen LogP contribution in [0.2, 0.25) is 0 Å². The van der Waals surface area contributed by atoms with E-state index in [0.29, 0.717) is 4.90 Å². The lowest BCUT2D eigenvalue weighted by Crippen LogP contribution is -2.44. The molecule has 2 atom stereocenters. The van der Waals surface area contributed by atoms with Crippen LogP contribution in [-0.4, -0.2) is 40.8 Å². The first-order valence-corrected chi connectivity index (χ1v) is 3.86. The summed E-state index contributed by atoms with van der Waals surface area (Å²) in [5.41, 5.74) is 0. The van der Waals surface area contributed by atoms with Crippen LogP contribution >= 0.6 is 0 Å². The summed E-state index contributed by atoms with van der Waals surface area (Å²) in [5.74, 6) is -0.641. The van der Waals surface area contributed by atoms with Gasteiger partial charge in [0.15, 0.2) is 0 Å². The van der Waals surface area contributed by atoms with Crippen molar-refractivity contribution in [3.63, 3.8) is 0 Å². The fraction of sp³-hybridized carbons (Fsp3) is 0.857. The zero-order chi connectivity index (χ0) is 10.2. The van der Waals surface area contributed by atoms with Gasteiger partial charge in [0.1, 0.15) is 6.04 Å². The molecule has 1 saturated heterocycles. The Kier molecular flexibility index (Phi) is 2.51. The summed E-state index contributed by atoms with van der Waals surface area (Å²) < 4.78 is 36.4. The number of alkyl halides is 3. The van der Waals surface area contributed by atoms with E-state index in [9.17, 15) is 18.0 Å². The number of halogens is 3. The van der Waals surface area contributed by atoms with Crippen molar-refractivity contribution >= 4 is 5.91 Å². The molecule has 1 fully saturated rings. The summed E-state index contributed by atoms with van der Waals surface area (Å²) in [6.45, 7) is 0.690. The van der Waals surface area contributed by atoms with Gasteiger partial charge in [0.05, 0.1) is 12.5 Å². The van der Waals surface area contributed by atoms with Gasteiger partial charge in [0.25, 0.3) is 0 Å². The Morgan fingerprint density at radius 2 is 2.15 bits per heavy atom. The molecule has 1 aliphatic heterocycles. The Balaban J connectivity index is 2.68. The number of carbonyl (C=O) groups excluding carboxylic acids is 1. The van der Waals surface area contributed by atoms with E-state index in [1.807, 2.05) is 0 Å². The first kappa shape index (κ1) is 10.3. The van der Waals surface area contributed by atoms with E-state index in [0.717, 1.165) is 6.92 Å². The van der Waals surface area contributed by atoms with Crippen LogP contribution in [0.5, 0.6) is 0 Å². The molecule has 6 heteroatoms. The summed E-state index contributed by atoms with van der Waals surface area (Å²) >= 11 is 0. The van der Waals surface area contributed by atoms with Gasteiger partial charge >= 0.3 is 6.18 Å². The summed E-state index contributed by atoms with van der Waals surface area (Å²) in [6, 6.07) is -1.81. The van der Waals surface area contributed by atoms with Crippen molar-refractivity contribution in [1.29, 1.82) is 0 Å². The van der Waals surface area contributed by atoms with Gasteiger partial charge in [-0.25, -0.2) is 0 Å². The number of likely N-dealkylation sites (tertiary alicyclic amines) is 1. The molecule has 0 bridgehead atoms. The topological polar surface area (TPSA) is 40.5 Å². The van der Waals surface area contributed by atoms with E-state index in [4.69, 9.17) is 5.11 Å². The third-order valence-electron chi connectivity index (χ3n) is 2.08. The lowest BCUT2D eigenvalue weighted by Gasteiger charge is -2.26. The Labute approximate surface area is 73.1 Å². The number of nitrogens with zero attached hydrogens (tertiary/aromatic N) is 1. The quantitative estimate of drug-likeness (QED) is 0.666. The highest BCUT2D eigenvalue weighted by Crippen LogP contribution is 2.27. The van der Waals surface area contributed by atoms with Gasteiger partial charge < -0.3 is 10.0 Å². The average molecular weight is 197 g/mol. The van der Waals surface area contributed by atoms with Crippen molar-refractivity contribution in [1.82, 2.24) is 4.90 Å². The van der Waals surface area contributed by atoms with Crippen LogP contribution < -0.4 is 0 Å². The minimum absolute atomic E-state index is 0.208. The van der Waals surface area contributed by atoms with Gasteiger partial charge in [0, 0.05) is 6.54 Å². The van der Waals surface area contributed by atoms with Crippen molar-refractivity contribution in [2.45, 2.75) is 31.7 Å². The lowest BCUT2D eigenvalue weighted by atomic mass is 10.3. The van der Waals surface area contributed by atoms with E-state index in [1.54, 1.807) is 0 Å². The third-order valence-corrected chi connectivity index (χ3v) is 2.08. The molecular formula is C7H10F3NO2. The number of amides is 1. The Bertz CT molecular complexity index is 216. The fourth-order valence-corrected chi connectivity index (χ4v) is 1.26. The number of carbonyl (C=O) groups is 1. The molecule has 0 radical (unpaired) electrons. The molecule has 1 amide bonds. The summed E-state index contributed by atoms with van der Waals surface area (Å²) in [6.07, 6.45) is -5.59. The van der Waals surface area contributed by atoms with Crippen LogP contribution in [-0.2, 0) is 4.79 Å². The van der Waals surface area contributed by atoms with Gasteiger partial charge in [0.2, 0.25) is 5.91 Å². The average Bonchev–Trinajstić information content (AvgIpc) is 2.26. The van der Waals surface area contributed by atoms with Gasteiger partial charge in [-0.05, 0) is 6.92 Å². The summed E-state index contributed by atoms with van der Waals surface area (Å²) in [7, 11) is 0. The van der Waals surface area contributed by atoms with Crippen LogP contribution in [0.15, 0.2) is 0 Å². The molecule has 1 rings (SSSR count). The second-order valence-corrected chi connectivity index (χ2v) is 3.12. The van der Waals surface area contributed by atoms with Crippen molar-refractivity contribution in [2.24, 2.45) is 0 Å². The van der Waals surface area contributed by atoms with Crippen LogP contribution in [0.25, 0.3) is 0 Å². The largest absolute Gasteiger partial charge is 0.408 e. The zero-order valence-electron chi connectivity index (χ0n) is 7.01. The highest BCUT2D eigenvalue weighted by Gasteiger charge is 2.45. The monoisotopic (exact) mass is 197 g/mol. The Hall–Kier alpha value is -0.780. The molecule has 0 saturated carbocycles. The van der Waals surface area contributed by atoms with Gasteiger partial charge in [-0.15, -0.1) is 0 Å². The predicted octanol–water partition coefficient (Wildman–Crippen LogP) is 0.530. The molecule has 0 aromatic rings. The van der Waals surface area contributed by atoms with Gasteiger partial charge in [-0.2, -0.15) is 13.2 Å². The smallest absolute Gasteiger partial charge is 0.391 e. The van der Waals surface area contributed by atoms with E-state index in [2.05, 4.69) is 0 Å². The maximum absolute atomic E-state index is 12.1. The van der Waals surface area contributed by atoms with Crippen LogP contribution in [0, 0.1) is 0 Å². The number of aliphatic hydroxyl groups is 1. The number of aliphatic hydroxyl groups excluding tert-OH is 1. The molecule has 2 unspecified atom stereocenters. The van der Waals surface area contributed by atoms with E-state index >= 15 is 0 Å². The summed E-state index contributed by atoms with van der Waals surface area (Å²) in [5, 5.41) is 8.95. The number of hydrogen-bond donors (Lipinski definition) is 1. The first-order chi connectivity index (χ1) is 5.82. The second kappa shape index (κ2) is 3.17. The van der Waals surface area contributed by atoms with Crippen molar-refractivity contribution in [3.8, 4) is 0 Å². The van der Waals surface area contributed by atoms with Crippen molar-refractivity contribution in [2.75, 3.05) is 6.54 Å². The molecular weight excluding hydrogens is 187 g/mol. The van der Waals surface area contributed by atoms with Gasteiger partial charge in [-0.1, -0.05) is 0 Å². The van der Waals surface area contributed by atoms with Crippen LogP contribution in [0.4, 0.5) is 13.2 Å². The van der Waals surface area contributed by atoms with E-state index in [1.165, 1.54) is 0 Å². The maximum atomic E-state index is 12.1. The van der Waals surface area contributed by atoms with E-state index in [-0.39, 0.29) is 13.0 Å². The Morgan fingerprint density at radius 1 is 1.62 bits per heavy atom. The second-order valence-electron chi connectivity index (χ2n) is 3.12. The Morgan fingerprint density at radius 3 is 2.46 bits per heavy atom. The highest BCUT2D eigenvalue weighted by molar-refractivity contribution is 5.79. The molecule has 0 spiro atoms. The molecule has 3 nitrogen and oxygen atoms in total. The normalized spacial score (nSPS) is 26.7. The van der Waals surface area contributed by atoms with E-state index < -0.39 is 24.2 Å². The standard InChI is InChI=1S/C7H10F3NO2/c1-4(7(8,9)10)11-3-5(12)2-6(11)13/h4-5,12H,2-3H2,1H3. The van der Waals surface area contributed by atoms with Crippen LogP contribution in [0.3, 0.4) is 0 Å². The molecule has 1 heterocycles. The van der Waals surface area contributed by atoms with Crippen molar-refractivity contribution < 1.29 is 23.1 Å². The predicted molar refractivity (Wildman–Crippen MR) is 37.9 cm³/mol. The zero-order valence-corrected chi connectivity index (χ0v) is 7.01. The molecule has 0 aromatic heterocycles. The van der Waals surface area contributed by atoms with Crippen molar-refractivity contribution in [3.05, 3.63) is 0 Å². The number of β-amino-alcohol motifs (C(OH)–C–C–N with tert-alkyl or cyclic N) is 1. The molecule has 0 aliphatic carbocycles. The molecule has 76 valence electrons. The molecule has 0 aromatic carbocycles. The van der Waals surface area contributed by atoms with Gasteiger partial charge in [-0.3, -0.25) is 4.79 Å². The maximum Gasteiger partial charge on any atom is 0.408 e. The minimum atomic E-state index is -4.42. The highest BCUT2D eigenvalue weighted by atomic mass is 19.4. The number of hydrogen-bond acceptors (Lipinski definition) is 2. The molecule has 1 N–H and O–H groups in total. The lowest BCUT2D eigenvalue weighted by molar-refractivity contribution is -0.182. The van der Waals surface area contributed by atoms with Crippen LogP contribution in [0.1, 0.15) is 13.3 Å². The SMILES string of the molecule is CC(N1CC(O)CC1=O)C(F)(F)F. The molecule has 1 aliphatic rings. The third kappa shape index (κ3) is 2.12. The minimum Gasteiger partial charge on any atom is -0.391 e. The fourth-order valence-electron chi connectivity index (χ4n) is 1.26. The summed E-state index contributed by atoms with van der Waals surface area (Å²) in [4.78, 5) is 11.6. The molecule has 13 heavy (non-hydrogen) atoms. The number of rotatable bonds is 1. The first-order valence-electron chi connectivity index (χ1n) is 3.86.